The van der Waals surface area contributed by atoms with Gasteiger partial charge in [-0.25, -0.2) is 0 Å². The number of fused-ring (bicyclic) bond motifs is 2. The van der Waals surface area contributed by atoms with E-state index in [4.69, 9.17) is 0 Å². The van der Waals surface area contributed by atoms with Gasteiger partial charge in [-0.3, -0.25) is 4.79 Å². The van der Waals surface area contributed by atoms with E-state index in [0.29, 0.717) is 12.1 Å². The smallest absolute Gasteiger partial charge is 0.306 e. The van der Waals surface area contributed by atoms with Crippen molar-refractivity contribution in [2.24, 2.45) is 5.92 Å². The molecule has 2 aliphatic heterocycles. The Hall–Kier alpha value is -1.51. The minimum Gasteiger partial charge on any atom is -0.481 e. The third kappa shape index (κ3) is 2.11. The third-order valence-corrected chi connectivity index (χ3v) is 4.71. The predicted molar refractivity (Wildman–Crippen MR) is 75.6 cm³/mol. The van der Waals surface area contributed by atoms with Crippen molar-refractivity contribution in [1.29, 1.82) is 0 Å². The standard InChI is InChI=1S/C16H21NO2/c1-10-3-6-15(11(2)7-10)17-13-4-5-14(17)9-12(8-13)16(18)19/h3,6-7,12-14H,4-5,8-9H2,1-2H3,(H,18,19). The number of hydrogen-bond donors (Lipinski definition) is 1. The molecule has 2 unspecified atom stereocenters. The highest BCUT2D eigenvalue weighted by atomic mass is 16.4. The number of piperidine rings is 1. The zero-order chi connectivity index (χ0) is 13.6. The Bertz CT molecular complexity index is 497. The molecule has 0 radical (unpaired) electrons. The first-order valence-corrected chi connectivity index (χ1v) is 7.14. The third-order valence-electron chi connectivity index (χ3n) is 4.71. The number of rotatable bonds is 2. The number of carboxylic acid groups (broad SMARTS) is 1. The van der Waals surface area contributed by atoms with Gasteiger partial charge in [0.05, 0.1) is 5.92 Å². The maximum absolute atomic E-state index is 11.2. The van der Waals surface area contributed by atoms with Crippen LogP contribution in [0, 0.1) is 19.8 Å². The topological polar surface area (TPSA) is 40.5 Å². The molecule has 19 heavy (non-hydrogen) atoms. The number of hydrogen-bond acceptors (Lipinski definition) is 2. The maximum Gasteiger partial charge on any atom is 0.306 e. The average Bonchev–Trinajstić information content (AvgIpc) is 2.60. The van der Waals surface area contributed by atoms with Crippen LogP contribution < -0.4 is 4.90 Å². The molecule has 2 heterocycles. The van der Waals surface area contributed by atoms with E-state index in [1.165, 1.54) is 16.8 Å². The SMILES string of the molecule is Cc1ccc(N2C3CCC2CC(C(=O)O)C3)c(C)c1. The van der Waals surface area contributed by atoms with Gasteiger partial charge in [0.15, 0.2) is 0 Å². The minimum atomic E-state index is -0.614. The summed E-state index contributed by atoms with van der Waals surface area (Å²) < 4.78 is 0. The fraction of sp³-hybridized carbons (Fsp3) is 0.562. The van der Waals surface area contributed by atoms with E-state index in [0.717, 1.165) is 25.7 Å². The van der Waals surface area contributed by atoms with Crippen LogP contribution in [0.5, 0.6) is 0 Å². The lowest BCUT2D eigenvalue weighted by molar-refractivity contribution is -0.142. The first kappa shape index (κ1) is 12.5. The zero-order valence-electron chi connectivity index (χ0n) is 11.6. The Labute approximate surface area is 114 Å². The molecule has 2 aliphatic rings. The van der Waals surface area contributed by atoms with Crippen LogP contribution in [0.25, 0.3) is 0 Å². The van der Waals surface area contributed by atoms with Crippen molar-refractivity contribution in [3.63, 3.8) is 0 Å². The number of aryl methyl sites for hydroxylation is 2. The summed E-state index contributed by atoms with van der Waals surface area (Å²) in [6.07, 6.45) is 3.89. The lowest BCUT2D eigenvalue weighted by Gasteiger charge is -2.40. The predicted octanol–water partition coefficient (Wildman–Crippen LogP) is 3.14. The van der Waals surface area contributed by atoms with Crippen LogP contribution in [-0.4, -0.2) is 23.2 Å². The second kappa shape index (κ2) is 4.55. The molecular weight excluding hydrogens is 238 g/mol. The van der Waals surface area contributed by atoms with Gasteiger partial charge in [-0.2, -0.15) is 0 Å². The zero-order valence-corrected chi connectivity index (χ0v) is 11.6. The molecule has 2 saturated heterocycles. The van der Waals surface area contributed by atoms with Gasteiger partial charge in [0.2, 0.25) is 0 Å². The van der Waals surface area contributed by atoms with Crippen molar-refractivity contribution < 1.29 is 9.90 Å². The summed E-state index contributed by atoms with van der Waals surface area (Å²) in [6, 6.07) is 7.42. The van der Waals surface area contributed by atoms with Crippen LogP contribution in [0.15, 0.2) is 18.2 Å². The molecule has 3 heteroatoms. The Morgan fingerprint density at radius 3 is 2.37 bits per heavy atom. The van der Waals surface area contributed by atoms with E-state index in [1.54, 1.807) is 0 Å². The highest BCUT2D eigenvalue weighted by Gasteiger charge is 2.43. The fourth-order valence-electron chi connectivity index (χ4n) is 3.87. The second-order valence-corrected chi connectivity index (χ2v) is 6.09. The van der Waals surface area contributed by atoms with E-state index in [9.17, 15) is 9.90 Å². The van der Waals surface area contributed by atoms with Crippen LogP contribution in [0.3, 0.4) is 0 Å². The maximum atomic E-state index is 11.2. The Morgan fingerprint density at radius 1 is 1.21 bits per heavy atom. The minimum absolute atomic E-state index is 0.139. The molecular formula is C16H21NO2. The molecule has 0 aliphatic carbocycles. The molecule has 2 atom stereocenters. The molecule has 1 aromatic rings. The Morgan fingerprint density at radius 2 is 1.84 bits per heavy atom. The first-order chi connectivity index (χ1) is 9.06. The molecule has 2 bridgehead atoms. The van der Waals surface area contributed by atoms with Crippen LogP contribution in [0.4, 0.5) is 5.69 Å². The average molecular weight is 259 g/mol. The van der Waals surface area contributed by atoms with E-state index < -0.39 is 5.97 Å². The summed E-state index contributed by atoms with van der Waals surface area (Å²) in [5.41, 5.74) is 3.90. The lowest BCUT2D eigenvalue weighted by atomic mass is 9.90. The van der Waals surface area contributed by atoms with Crippen LogP contribution in [0.2, 0.25) is 0 Å². The van der Waals surface area contributed by atoms with Crippen LogP contribution in [0.1, 0.15) is 36.8 Å². The molecule has 3 rings (SSSR count). The Kier molecular flexibility index (Phi) is 3.00. The monoisotopic (exact) mass is 259 g/mol. The molecule has 1 aromatic carbocycles. The number of carboxylic acids is 1. The van der Waals surface area contributed by atoms with Gasteiger partial charge < -0.3 is 10.0 Å². The molecule has 102 valence electrons. The summed E-state index contributed by atoms with van der Waals surface area (Å²) in [6.45, 7) is 4.27. The Balaban J connectivity index is 1.89. The van der Waals surface area contributed by atoms with E-state index in [-0.39, 0.29) is 5.92 Å². The van der Waals surface area contributed by atoms with Gasteiger partial charge >= 0.3 is 5.97 Å². The molecule has 0 amide bonds. The number of aliphatic carboxylic acids is 1. The summed E-state index contributed by atoms with van der Waals surface area (Å²) in [7, 11) is 0. The van der Waals surface area contributed by atoms with Gasteiger partial charge in [-0.15, -0.1) is 0 Å². The summed E-state index contributed by atoms with van der Waals surface area (Å²) in [4.78, 5) is 13.7. The van der Waals surface area contributed by atoms with Crippen molar-refractivity contribution in [2.45, 2.75) is 51.6 Å². The van der Waals surface area contributed by atoms with Gasteiger partial charge in [0, 0.05) is 17.8 Å². The number of nitrogens with zero attached hydrogens (tertiary/aromatic N) is 1. The molecule has 2 fully saturated rings. The number of benzene rings is 1. The normalized spacial score (nSPS) is 29.6. The quantitative estimate of drug-likeness (QED) is 0.887. The van der Waals surface area contributed by atoms with Crippen LogP contribution >= 0.6 is 0 Å². The molecule has 1 N–H and O–H groups in total. The highest BCUT2D eigenvalue weighted by Crippen LogP contribution is 2.42. The lowest BCUT2D eigenvalue weighted by Crippen LogP contribution is -2.45. The van der Waals surface area contributed by atoms with E-state index in [1.807, 2.05) is 0 Å². The van der Waals surface area contributed by atoms with Crippen molar-refractivity contribution in [3.8, 4) is 0 Å². The summed E-state index contributed by atoms with van der Waals surface area (Å²) >= 11 is 0. The van der Waals surface area contributed by atoms with Crippen molar-refractivity contribution in [2.75, 3.05) is 4.90 Å². The molecule has 0 spiro atoms. The highest BCUT2D eigenvalue weighted by molar-refractivity contribution is 5.71. The van der Waals surface area contributed by atoms with Crippen molar-refractivity contribution in [3.05, 3.63) is 29.3 Å². The number of carbonyl (C=O) groups is 1. The van der Waals surface area contributed by atoms with E-state index >= 15 is 0 Å². The van der Waals surface area contributed by atoms with Crippen molar-refractivity contribution >= 4 is 11.7 Å². The van der Waals surface area contributed by atoms with Gasteiger partial charge in [0.25, 0.3) is 0 Å². The summed E-state index contributed by atoms with van der Waals surface area (Å²) in [5.74, 6) is -0.753. The number of anilines is 1. The largest absolute Gasteiger partial charge is 0.481 e. The molecule has 0 saturated carbocycles. The molecule has 3 nitrogen and oxygen atoms in total. The van der Waals surface area contributed by atoms with E-state index in [2.05, 4.69) is 36.9 Å². The van der Waals surface area contributed by atoms with Crippen molar-refractivity contribution in [1.82, 2.24) is 0 Å². The van der Waals surface area contributed by atoms with Crippen LogP contribution in [-0.2, 0) is 4.79 Å². The second-order valence-electron chi connectivity index (χ2n) is 6.09. The first-order valence-electron chi connectivity index (χ1n) is 7.14. The van der Waals surface area contributed by atoms with Gasteiger partial charge in [-0.1, -0.05) is 17.7 Å². The van der Waals surface area contributed by atoms with Gasteiger partial charge in [0.1, 0.15) is 0 Å². The molecule has 0 aromatic heterocycles. The summed E-state index contributed by atoms with van der Waals surface area (Å²) in [5, 5.41) is 9.23. The fourth-order valence-corrected chi connectivity index (χ4v) is 3.87. The van der Waals surface area contributed by atoms with Gasteiger partial charge in [-0.05, 0) is 51.2 Å².